The van der Waals surface area contributed by atoms with Crippen molar-refractivity contribution < 1.29 is 13.9 Å². The van der Waals surface area contributed by atoms with E-state index in [1.807, 2.05) is 0 Å². The van der Waals surface area contributed by atoms with Gasteiger partial charge in [0.2, 0.25) is 0 Å². The SMILES string of the molecule is Nc1ccc2[nH]c(=O)n(C(=O)COc3ccccc3F)c2c1. The quantitative estimate of drug-likeness (QED) is 0.721. The molecule has 0 saturated heterocycles. The average molecular weight is 301 g/mol. The molecule has 3 aromatic rings. The molecule has 0 atom stereocenters. The van der Waals surface area contributed by atoms with Crippen LogP contribution in [0.25, 0.3) is 11.0 Å². The largest absolute Gasteiger partial charge is 0.481 e. The highest BCUT2D eigenvalue weighted by Gasteiger charge is 2.15. The molecule has 22 heavy (non-hydrogen) atoms. The molecule has 3 N–H and O–H groups in total. The van der Waals surface area contributed by atoms with Crippen molar-refractivity contribution in [2.45, 2.75) is 0 Å². The summed E-state index contributed by atoms with van der Waals surface area (Å²) in [5.74, 6) is -1.25. The molecule has 1 aromatic heterocycles. The van der Waals surface area contributed by atoms with Crippen molar-refractivity contribution in [1.82, 2.24) is 9.55 Å². The zero-order valence-electron chi connectivity index (χ0n) is 11.4. The number of hydrogen-bond acceptors (Lipinski definition) is 4. The van der Waals surface area contributed by atoms with Gasteiger partial charge in [-0.3, -0.25) is 4.79 Å². The number of hydrogen-bond donors (Lipinski definition) is 2. The fraction of sp³-hybridized carbons (Fsp3) is 0.0667. The Balaban J connectivity index is 1.90. The summed E-state index contributed by atoms with van der Waals surface area (Å²) in [4.78, 5) is 26.6. The molecule has 3 rings (SSSR count). The molecule has 112 valence electrons. The van der Waals surface area contributed by atoms with Gasteiger partial charge in [0.15, 0.2) is 18.2 Å². The molecular weight excluding hydrogens is 289 g/mol. The van der Waals surface area contributed by atoms with Gasteiger partial charge in [-0.05, 0) is 30.3 Å². The monoisotopic (exact) mass is 301 g/mol. The zero-order valence-corrected chi connectivity index (χ0v) is 11.4. The molecule has 0 radical (unpaired) electrons. The number of nitrogens with two attached hydrogens (primary N) is 1. The molecule has 0 amide bonds. The van der Waals surface area contributed by atoms with Crippen molar-refractivity contribution in [3.63, 3.8) is 0 Å². The van der Waals surface area contributed by atoms with E-state index in [4.69, 9.17) is 10.5 Å². The molecule has 0 aliphatic carbocycles. The summed E-state index contributed by atoms with van der Waals surface area (Å²) in [5, 5.41) is 0. The van der Waals surface area contributed by atoms with Crippen LogP contribution in [0.1, 0.15) is 4.79 Å². The van der Waals surface area contributed by atoms with Gasteiger partial charge in [-0.15, -0.1) is 0 Å². The maximum absolute atomic E-state index is 13.4. The van der Waals surface area contributed by atoms with Crippen LogP contribution in [-0.4, -0.2) is 22.1 Å². The number of ether oxygens (including phenoxy) is 1. The number of carbonyl (C=O) groups excluding carboxylic acids is 1. The van der Waals surface area contributed by atoms with Crippen LogP contribution in [0.2, 0.25) is 0 Å². The van der Waals surface area contributed by atoms with Crippen LogP contribution in [0, 0.1) is 5.82 Å². The van der Waals surface area contributed by atoms with Gasteiger partial charge in [0, 0.05) is 5.69 Å². The Kier molecular flexibility index (Phi) is 3.38. The molecule has 0 unspecified atom stereocenters. The number of para-hydroxylation sites is 1. The maximum atomic E-state index is 13.4. The van der Waals surface area contributed by atoms with Gasteiger partial charge < -0.3 is 15.5 Å². The number of aromatic amines is 1. The van der Waals surface area contributed by atoms with Gasteiger partial charge in [0.05, 0.1) is 11.0 Å². The van der Waals surface area contributed by atoms with Crippen molar-refractivity contribution in [3.05, 3.63) is 58.8 Å². The van der Waals surface area contributed by atoms with Crippen LogP contribution in [0.15, 0.2) is 47.3 Å². The summed E-state index contributed by atoms with van der Waals surface area (Å²) >= 11 is 0. The predicted molar refractivity (Wildman–Crippen MR) is 79.5 cm³/mol. The summed E-state index contributed by atoms with van der Waals surface area (Å²) in [6, 6.07) is 10.4. The molecular formula is C15H12FN3O3. The first-order valence-electron chi connectivity index (χ1n) is 6.47. The van der Waals surface area contributed by atoms with E-state index in [0.29, 0.717) is 16.7 Å². The van der Waals surface area contributed by atoms with E-state index in [1.165, 1.54) is 24.3 Å². The van der Waals surface area contributed by atoms with Crippen molar-refractivity contribution in [3.8, 4) is 5.75 Å². The minimum absolute atomic E-state index is 0.0525. The lowest BCUT2D eigenvalue weighted by atomic mass is 10.3. The van der Waals surface area contributed by atoms with Gasteiger partial charge in [0.25, 0.3) is 5.91 Å². The summed E-state index contributed by atoms with van der Waals surface area (Å²) in [6.07, 6.45) is 0. The van der Waals surface area contributed by atoms with Crippen LogP contribution in [0.4, 0.5) is 10.1 Å². The van der Waals surface area contributed by atoms with E-state index in [-0.39, 0.29) is 5.75 Å². The number of aromatic nitrogens is 2. The third-order valence-corrected chi connectivity index (χ3v) is 3.14. The number of nitrogen functional groups attached to an aromatic ring is 1. The molecule has 2 aromatic carbocycles. The molecule has 0 bridgehead atoms. The van der Waals surface area contributed by atoms with Crippen LogP contribution < -0.4 is 16.2 Å². The highest BCUT2D eigenvalue weighted by molar-refractivity contribution is 5.92. The first-order valence-corrected chi connectivity index (χ1v) is 6.47. The molecule has 6 nitrogen and oxygen atoms in total. The van der Waals surface area contributed by atoms with Crippen LogP contribution in [0.3, 0.4) is 0 Å². The number of H-pyrrole nitrogens is 1. The Morgan fingerprint density at radius 2 is 2.05 bits per heavy atom. The Morgan fingerprint density at radius 3 is 2.82 bits per heavy atom. The molecule has 1 heterocycles. The first kappa shape index (κ1) is 13.9. The number of imidazole rings is 1. The number of nitrogens with zero attached hydrogens (tertiary/aromatic N) is 1. The van der Waals surface area contributed by atoms with Crippen LogP contribution in [-0.2, 0) is 0 Å². The van der Waals surface area contributed by atoms with Gasteiger partial charge in [-0.1, -0.05) is 12.1 Å². The second-order valence-corrected chi connectivity index (χ2v) is 4.65. The summed E-state index contributed by atoms with van der Waals surface area (Å²) in [6.45, 7) is -0.470. The van der Waals surface area contributed by atoms with E-state index in [9.17, 15) is 14.0 Å². The van der Waals surface area contributed by atoms with Crippen molar-refractivity contribution in [2.24, 2.45) is 0 Å². The second-order valence-electron chi connectivity index (χ2n) is 4.65. The number of halogens is 1. The lowest BCUT2D eigenvalue weighted by Gasteiger charge is -2.07. The number of anilines is 1. The number of nitrogens with one attached hydrogen (secondary N) is 1. The van der Waals surface area contributed by atoms with Gasteiger partial charge in [-0.25, -0.2) is 13.8 Å². The normalized spacial score (nSPS) is 10.8. The summed E-state index contributed by atoms with van der Waals surface area (Å²) in [5.41, 5.74) is 6.33. The number of benzene rings is 2. The van der Waals surface area contributed by atoms with Crippen molar-refractivity contribution in [1.29, 1.82) is 0 Å². The molecule has 0 spiro atoms. The van der Waals surface area contributed by atoms with Gasteiger partial charge in [0.1, 0.15) is 0 Å². The smallest absolute Gasteiger partial charge is 0.333 e. The first-order chi connectivity index (χ1) is 10.6. The molecule has 0 aliphatic heterocycles. The lowest BCUT2D eigenvalue weighted by Crippen LogP contribution is -2.28. The zero-order chi connectivity index (χ0) is 15.7. The Bertz CT molecular complexity index is 914. The maximum Gasteiger partial charge on any atom is 0.333 e. The fourth-order valence-corrected chi connectivity index (χ4v) is 2.13. The Labute approximate surface area is 123 Å². The molecule has 0 saturated carbocycles. The average Bonchev–Trinajstić information content (AvgIpc) is 2.81. The van der Waals surface area contributed by atoms with E-state index >= 15 is 0 Å². The second kappa shape index (κ2) is 5.36. The highest BCUT2D eigenvalue weighted by Crippen LogP contribution is 2.16. The fourth-order valence-electron chi connectivity index (χ4n) is 2.13. The Hall–Kier alpha value is -3.09. The van der Waals surface area contributed by atoms with Crippen molar-refractivity contribution >= 4 is 22.6 Å². The lowest BCUT2D eigenvalue weighted by molar-refractivity contribution is 0.0836. The molecule has 7 heteroatoms. The third-order valence-electron chi connectivity index (χ3n) is 3.14. The summed E-state index contributed by atoms with van der Waals surface area (Å²) < 4.78 is 19.5. The van der Waals surface area contributed by atoms with Crippen LogP contribution in [0.5, 0.6) is 5.75 Å². The topological polar surface area (TPSA) is 90.1 Å². The molecule has 0 aliphatic rings. The highest BCUT2D eigenvalue weighted by atomic mass is 19.1. The van der Waals surface area contributed by atoms with Crippen molar-refractivity contribution in [2.75, 3.05) is 12.3 Å². The number of carbonyl (C=O) groups is 1. The standard InChI is InChI=1S/C15H12FN3O3/c16-10-3-1-2-4-13(10)22-8-14(20)19-12-7-9(17)5-6-11(12)18-15(19)21/h1-7H,8,17H2,(H,18,21). The van der Waals surface area contributed by atoms with E-state index in [2.05, 4.69) is 4.98 Å². The minimum Gasteiger partial charge on any atom is -0.481 e. The predicted octanol–water partition coefficient (Wildman–Crippen LogP) is 1.77. The number of rotatable bonds is 3. The minimum atomic E-state index is -0.620. The van der Waals surface area contributed by atoms with Crippen LogP contribution >= 0.6 is 0 Å². The van der Waals surface area contributed by atoms with E-state index in [0.717, 1.165) is 4.57 Å². The Morgan fingerprint density at radius 1 is 1.27 bits per heavy atom. The van der Waals surface area contributed by atoms with E-state index in [1.54, 1.807) is 18.2 Å². The van der Waals surface area contributed by atoms with Gasteiger partial charge >= 0.3 is 5.69 Å². The van der Waals surface area contributed by atoms with E-state index < -0.39 is 24.0 Å². The third kappa shape index (κ3) is 2.44. The molecule has 0 fully saturated rings. The number of fused-ring (bicyclic) bond motifs is 1. The summed E-state index contributed by atoms with van der Waals surface area (Å²) in [7, 11) is 0. The van der Waals surface area contributed by atoms with Gasteiger partial charge in [-0.2, -0.15) is 0 Å².